The van der Waals surface area contributed by atoms with Gasteiger partial charge in [0.15, 0.2) is 0 Å². The van der Waals surface area contributed by atoms with Crippen LogP contribution in [0.4, 0.5) is 15.8 Å². The van der Waals surface area contributed by atoms with Gasteiger partial charge in [0.1, 0.15) is 5.82 Å². The average Bonchev–Trinajstić information content (AvgIpc) is 2.12. The first-order valence-corrected chi connectivity index (χ1v) is 4.10. The van der Waals surface area contributed by atoms with Crippen LogP contribution in [0.25, 0.3) is 0 Å². The monoisotopic (exact) mass is 166 g/mol. The number of rotatable bonds is 0. The second-order valence-corrected chi connectivity index (χ2v) is 3.02. The lowest BCUT2D eigenvalue weighted by Gasteiger charge is -2.19. The van der Waals surface area contributed by atoms with Gasteiger partial charge in [-0.15, -0.1) is 0 Å². The number of nitrogens with one attached hydrogen (secondary N) is 1. The Bertz CT molecular complexity index is 310. The summed E-state index contributed by atoms with van der Waals surface area (Å²) in [5, 5.41) is 3.18. The Labute approximate surface area is 70.6 Å². The lowest BCUT2D eigenvalue weighted by molar-refractivity contribution is 0.629. The normalized spacial score (nSPS) is 15.1. The molecule has 2 rings (SSSR count). The summed E-state index contributed by atoms with van der Waals surface area (Å²) in [6.07, 6.45) is 1.91. The summed E-state index contributed by atoms with van der Waals surface area (Å²) >= 11 is 0. The van der Waals surface area contributed by atoms with Crippen molar-refractivity contribution in [2.45, 2.75) is 12.8 Å². The van der Waals surface area contributed by atoms with E-state index in [9.17, 15) is 4.39 Å². The van der Waals surface area contributed by atoms with Gasteiger partial charge in [-0.3, -0.25) is 0 Å². The van der Waals surface area contributed by atoms with E-state index in [4.69, 9.17) is 5.73 Å². The molecule has 0 amide bonds. The van der Waals surface area contributed by atoms with E-state index < -0.39 is 0 Å². The molecule has 3 heteroatoms. The molecule has 0 saturated carbocycles. The second kappa shape index (κ2) is 2.66. The minimum Gasteiger partial charge on any atom is -0.396 e. The molecular weight excluding hydrogens is 155 g/mol. The Kier molecular flexibility index (Phi) is 1.64. The van der Waals surface area contributed by atoms with Crippen LogP contribution in [0.2, 0.25) is 0 Å². The van der Waals surface area contributed by atoms with Crippen molar-refractivity contribution in [2.24, 2.45) is 0 Å². The van der Waals surface area contributed by atoms with Crippen LogP contribution in [0.15, 0.2) is 12.1 Å². The van der Waals surface area contributed by atoms with Gasteiger partial charge in [-0.1, -0.05) is 0 Å². The molecule has 0 radical (unpaired) electrons. The van der Waals surface area contributed by atoms with E-state index in [2.05, 4.69) is 5.32 Å². The average molecular weight is 166 g/mol. The van der Waals surface area contributed by atoms with E-state index in [-0.39, 0.29) is 5.82 Å². The standard InChI is InChI=1S/C9H11FN2/c10-7-3-4-8-6(9(7)11)2-1-5-12-8/h3-4,12H,1-2,5,11H2. The van der Waals surface area contributed by atoms with Gasteiger partial charge in [0, 0.05) is 17.8 Å². The van der Waals surface area contributed by atoms with E-state index in [1.165, 1.54) is 6.07 Å². The Hall–Kier alpha value is -1.25. The van der Waals surface area contributed by atoms with Crippen LogP contribution in [-0.2, 0) is 6.42 Å². The zero-order chi connectivity index (χ0) is 8.55. The molecule has 0 aliphatic carbocycles. The van der Waals surface area contributed by atoms with Crippen molar-refractivity contribution in [2.75, 3.05) is 17.6 Å². The maximum Gasteiger partial charge on any atom is 0.146 e. The molecule has 3 N–H and O–H groups in total. The first-order chi connectivity index (χ1) is 5.79. The van der Waals surface area contributed by atoms with Gasteiger partial charge in [0.05, 0.1) is 5.69 Å². The van der Waals surface area contributed by atoms with E-state index in [1.807, 2.05) is 0 Å². The van der Waals surface area contributed by atoms with Crippen molar-refractivity contribution in [3.05, 3.63) is 23.5 Å². The van der Waals surface area contributed by atoms with Gasteiger partial charge in [0.25, 0.3) is 0 Å². The molecule has 1 aromatic rings. The SMILES string of the molecule is Nc1c(F)ccc2c1CCCN2. The minimum atomic E-state index is -0.308. The fourth-order valence-corrected chi connectivity index (χ4v) is 1.56. The Morgan fingerprint density at radius 2 is 2.25 bits per heavy atom. The number of hydrogen-bond acceptors (Lipinski definition) is 2. The van der Waals surface area contributed by atoms with Gasteiger partial charge in [-0.25, -0.2) is 4.39 Å². The first kappa shape index (κ1) is 7.40. The number of nitrogens with two attached hydrogens (primary N) is 1. The molecule has 1 aliphatic rings. The molecule has 0 atom stereocenters. The lowest BCUT2D eigenvalue weighted by Crippen LogP contribution is -2.14. The molecule has 1 aliphatic heterocycles. The Morgan fingerprint density at radius 1 is 1.42 bits per heavy atom. The number of fused-ring (bicyclic) bond motifs is 1. The highest BCUT2D eigenvalue weighted by atomic mass is 19.1. The first-order valence-electron chi connectivity index (χ1n) is 4.10. The zero-order valence-electron chi connectivity index (χ0n) is 6.73. The number of benzene rings is 1. The molecule has 2 nitrogen and oxygen atoms in total. The predicted octanol–water partition coefficient (Wildman–Crippen LogP) is 1.77. The third kappa shape index (κ3) is 1.02. The van der Waals surface area contributed by atoms with Crippen molar-refractivity contribution in [3.8, 4) is 0 Å². The highest BCUT2D eigenvalue weighted by molar-refractivity contribution is 5.65. The van der Waals surface area contributed by atoms with Gasteiger partial charge in [0.2, 0.25) is 0 Å². The van der Waals surface area contributed by atoms with Gasteiger partial charge < -0.3 is 11.1 Å². The van der Waals surface area contributed by atoms with Crippen molar-refractivity contribution in [1.82, 2.24) is 0 Å². The van der Waals surface area contributed by atoms with Crippen LogP contribution in [0.1, 0.15) is 12.0 Å². The van der Waals surface area contributed by atoms with Gasteiger partial charge in [-0.2, -0.15) is 0 Å². The quantitative estimate of drug-likeness (QED) is 0.576. The molecule has 0 fully saturated rings. The molecule has 0 spiro atoms. The van der Waals surface area contributed by atoms with Crippen molar-refractivity contribution in [3.63, 3.8) is 0 Å². The molecule has 0 aromatic heterocycles. The summed E-state index contributed by atoms with van der Waals surface area (Å²) in [7, 11) is 0. The highest BCUT2D eigenvalue weighted by Crippen LogP contribution is 2.28. The summed E-state index contributed by atoms with van der Waals surface area (Å²) in [5.41, 5.74) is 7.81. The van der Waals surface area contributed by atoms with E-state index in [1.54, 1.807) is 6.07 Å². The number of nitrogen functional groups attached to an aromatic ring is 1. The third-order valence-corrected chi connectivity index (χ3v) is 2.22. The summed E-state index contributed by atoms with van der Waals surface area (Å²) in [5.74, 6) is -0.308. The second-order valence-electron chi connectivity index (χ2n) is 3.02. The van der Waals surface area contributed by atoms with Crippen molar-refractivity contribution < 1.29 is 4.39 Å². The third-order valence-electron chi connectivity index (χ3n) is 2.22. The van der Waals surface area contributed by atoms with Crippen LogP contribution >= 0.6 is 0 Å². The minimum absolute atomic E-state index is 0.305. The molecular formula is C9H11FN2. The molecule has 0 saturated heterocycles. The fourth-order valence-electron chi connectivity index (χ4n) is 1.56. The maximum atomic E-state index is 13.0. The highest BCUT2D eigenvalue weighted by Gasteiger charge is 2.13. The maximum absolute atomic E-state index is 13.0. The summed E-state index contributed by atoms with van der Waals surface area (Å²) in [6.45, 7) is 0.956. The summed E-state index contributed by atoms with van der Waals surface area (Å²) < 4.78 is 13.0. The smallest absolute Gasteiger partial charge is 0.146 e. The van der Waals surface area contributed by atoms with Crippen molar-refractivity contribution in [1.29, 1.82) is 0 Å². The number of hydrogen-bond donors (Lipinski definition) is 2. The van der Waals surface area contributed by atoms with Crippen LogP contribution in [-0.4, -0.2) is 6.54 Å². The Morgan fingerprint density at radius 3 is 3.08 bits per heavy atom. The van der Waals surface area contributed by atoms with Crippen LogP contribution < -0.4 is 11.1 Å². The van der Waals surface area contributed by atoms with Crippen LogP contribution in [0, 0.1) is 5.82 Å². The predicted molar refractivity (Wildman–Crippen MR) is 47.6 cm³/mol. The zero-order valence-corrected chi connectivity index (χ0v) is 6.73. The summed E-state index contributed by atoms with van der Waals surface area (Å²) in [4.78, 5) is 0. The molecule has 64 valence electrons. The van der Waals surface area contributed by atoms with E-state index >= 15 is 0 Å². The fraction of sp³-hybridized carbons (Fsp3) is 0.333. The van der Waals surface area contributed by atoms with Gasteiger partial charge in [-0.05, 0) is 25.0 Å². The number of anilines is 2. The molecule has 12 heavy (non-hydrogen) atoms. The molecule has 1 aromatic carbocycles. The number of halogens is 1. The van der Waals surface area contributed by atoms with E-state index in [0.29, 0.717) is 5.69 Å². The van der Waals surface area contributed by atoms with Crippen LogP contribution in [0.5, 0.6) is 0 Å². The Balaban J connectivity index is 2.54. The van der Waals surface area contributed by atoms with Crippen molar-refractivity contribution >= 4 is 11.4 Å². The van der Waals surface area contributed by atoms with Crippen LogP contribution in [0.3, 0.4) is 0 Å². The molecule has 0 bridgehead atoms. The molecule has 0 unspecified atom stereocenters. The largest absolute Gasteiger partial charge is 0.396 e. The van der Waals surface area contributed by atoms with E-state index in [0.717, 1.165) is 30.6 Å². The topological polar surface area (TPSA) is 38.0 Å². The van der Waals surface area contributed by atoms with Gasteiger partial charge >= 0.3 is 0 Å². The summed E-state index contributed by atoms with van der Waals surface area (Å²) in [6, 6.07) is 3.16. The lowest BCUT2D eigenvalue weighted by atomic mass is 10.0. The molecule has 1 heterocycles.